The number of nitrogens with zero attached hydrogens (tertiary/aromatic N) is 7. The van der Waals surface area contributed by atoms with Gasteiger partial charge >= 0.3 is 23.9 Å². The topological polar surface area (TPSA) is 354 Å². The van der Waals surface area contributed by atoms with Crippen LogP contribution in [0.15, 0.2) is 93.3 Å². The van der Waals surface area contributed by atoms with Crippen molar-refractivity contribution in [2.45, 2.75) is 13.8 Å². The fourth-order valence-corrected chi connectivity index (χ4v) is 4.99. The second-order valence-electron chi connectivity index (χ2n) is 11.8. The molecule has 58 heavy (non-hydrogen) atoms. The highest BCUT2D eigenvalue weighted by Gasteiger charge is 2.17. The predicted molar refractivity (Wildman–Crippen MR) is 204 cm³/mol. The van der Waals surface area contributed by atoms with Gasteiger partial charge in [-0.3, -0.25) is 0 Å². The molecule has 0 fully saturated rings. The zero-order valence-electron chi connectivity index (χ0n) is 30.5. The zero-order chi connectivity index (χ0) is 41.8. The fraction of sp³-hybridized carbons (Fsp3) is 0.114. The van der Waals surface area contributed by atoms with E-state index in [-0.39, 0.29) is 64.6 Å². The molecule has 0 atom stereocenters. The van der Waals surface area contributed by atoms with Crippen LogP contribution >= 0.6 is 0 Å². The van der Waals surface area contributed by atoms with E-state index in [2.05, 4.69) is 70.7 Å². The number of carbonyl (C=O) groups is 4. The number of aryl methyl sites for hydroxylation is 2. The van der Waals surface area contributed by atoms with Gasteiger partial charge in [0, 0.05) is 17.9 Å². The van der Waals surface area contributed by atoms with Crippen LogP contribution in [-0.4, -0.2) is 57.1 Å². The van der Waals surface area contributed by atoms with E-state index in [1.54, 1.807) is 50.2 Å². The van der Waals surface area contributed by atoms with Gasteiger partial charge in [-0.1, -0.05) is 0 Å². The first-order chi connectivity index (χ1) is 27.9. The van der Waals surface area contributed by atoms with Crippen molar-refractivity contribution in [3.05, 3.63) is 106 Å². The molecule has 0 aliphatic heterocycles. The zero-order valence-corrected chi connectivity index (χ0v) is 30.5. The molecule has 12 N–H and O–H groups in total. The van der Waals surface area contributed by atoms with E-state index < -0.39 is 23.9 Å². The molecule has 298 valence electrons. The molecule has 0 aliphatic rings. The van der Waals surface area contributed by atoms with Crippen molar-refractivity contribution in [2.75, 3.05) is 29.1 Å². The lowest BCUT2D eigenvalue weighted by Crippen LogP contribution is -2.13. The van der Waals surface area contributed by atoms with Crippen molar-refractivity contribution in [1.82, 2.24) is 15.0 Å². The van der Waals surface area contributed by atoms with Gasteiger partial charge in [0.1, 0.15) is 0 Å². The van der Waals surface area contributed by atoms with E-state index in [0.29, 0.717) is 33.9 Å². The van der Waals surface area contributed by atoms with Crippen LogP contribution in [0.4, 0.5) is 52.0 Å². The minimum absolute atomic E-state index is 0.0729. The van der Waals surface area contributed by atoms with E-state index in [1.807, 2.05) is 0 Å². The SMILES string of the molecule is Cc1cc(Nc2nc(NCCO)nc(Nc3ccc(N=Nc4cc(C(=O)ON)cc(C(=O)ON)c4)c(C)c3)n2)ccc1N=Nc1cc(C(=O)ON)cc(C(=O)ON)c1. The average Bonchev–Trinajstić information content (AvgIpc) is 3.23. The van der Waals surface area contributed by atoms with Crippen molar-refractivity contribution in [3.63, 3.8) is 0 Å². The van der Waals surface area contributed by atoms with Crippen LogP contribution in [0.2, 0.25) is 0 Å². The van der Waals surface area contributed by atoms with Crippen molar-refractivity contribution >= 4 is 75.8 Å². The molecule has 1 aromatic heterocycles. The Hall–Kier alpha value is -7.83. The molecule has 5 rings (SSSR count). The molecule has 0 saturated heterocycles. The highest BCUT2D eigenvalue weighted by Crippen LogP contribution is 2.30. The van der Waals surface area contributed by atoms with Crippen LogP contribution < -0.4 is 39.5 Å². The lowest BCUT2D eigenvalue weighted by Gasteiger charge is -2.12. The molecule has 0 radical (unpaired) electrons. The third-order valence-electron chi connectivity index (χ3n) is 7.69. The van der Waals surface area contributed by atoms with E-state index in [0.717, 1.165) is 0 Å². The Labute approximate surface area is 327 Å². The Morgan fingerprint density at radius 2 is 0.914 bits per heavy atom. The smallest absolute Gasteiger partial charge is 0.356 e. The summed E-state index contributed by atoms with van der Waals surface area (Å²) in [7, 11) is 0. The number of benzene rings is 4. The highest BCUT2D eigenvalue weighted by molar-refractivity contribution is 5.97. The summed E-state index contributed by atoms with van der Waals surface area (Å²) < 4.78 is 0. The second kappa shape index (κ2) is 19.2. The van der Waals surface area contributed by atoms with Crippen LogP contribution in [0.3, 0.4) is 0 Å². The van der Waals surface area contributed by atoms with Crippen LogP contribution in [0, 0.1) is 13.8 Å². The molecule has 5 aromatic rings. The molecule has 0 saturated carbocycles. The number of rotatable bonds is 15. The Kier molecular flexibility index (Phi) is 13.7. The number of hydrogen-bond acceptors (Lipinski definition) is 23. The van der Waals surface area contributed by atoms with Gasteiger partial charge in [0.2, 0.25) is 17.8 Å². The summed E-state index contributed by atoms with van der Waals surface area (Å²) in [5.74, 6) is 16.8. The number of aromatic nitrogens is 3. The molecular formula is C35H34N14O9. The summed E-state index contributed by atoms with van der Waals surface area (Å²) in [5.41, 5.74) is 3.36. The highest BCUT2D eigenvalue weighted by atomic mass is 16.7. The molecule has 1 heterocycles. The number of azo groups is 2. The molecule has 0 bridgehead atoms. The molecule has 4 aromatic carbocycles. The predicted octanol–water partition coefficient (Wildman–Crippen LogP) is 4.33. The van der Waals surface area contributed by atoms with E-state index in [1.165, 1.54) is 36.4 Å². The Morgan fingerprint density at radius 1 is 0.552 bits per heavy atom. The van der Waals surface area contributed by atoms with Gasteiger partial charge in [-0.05, 0) is 97.8 Å². The van der Waals surface area contributed by atoms with Gasteiger partial charge in [-0.2, -0.15) is 59.0 Å². The van der Waals surface area contributed by atoms with E-state index in [4.69, 9.17) is 23.6 Å². The Balaban J connectivity index is 1.34. The van der Waals surface area contributed by atoms with Crippen LogP contribution in [0.5, 0.6) is 0 Å². The van der Waals surface area contributed by atoms with Gasteiger partial charge in [-0.25, -0.2) is 19.2 Å². The van der Waals surface area contributed by atoms with Gasteiger partial charge in [-0.15, -0.1) is 0 Å². The van der Waals surface area contributed by atoms with E-state index >= 15 is 0 Å². The largest absolute Gasteiger partial charge is 0.395 e. The monoisotopic (exact) mass is 794 g/mol. The van der Waals surface area contributed by atoms with Crippen molar-refractivity contribution in [2.24, 2.45) is 44.0 Å². The quantitative estimate of drug-likeness (QED) is 0.0539. The number of hydrogen-bond donors (Lipinski definition) is 8. The first kappa shape index (κ1) is 41.3. The number of nitrogens with one attached hydrogen (secondary N) is 3. The summed E-state index contributed by atoms with van der Waals surface area (Å²) >= 11 is 0. The first-order valence-electron chi connectivity index (χ1n) is 16.6. The maximum absolute atomic E-state index is 12.0. The minimum Gasteiger partial charge on any atom is -0.395 e. The van der Waals surface area contributed by atoms with Crippen LogP contribution in [0.1, 0.15) is 52.6 Å². The first-order valence-corrected chi connectivity index (χ1v) is 16.6. The van der Waals surface area contributed by atoms with Crippen molar-refractivity contribution < 1.29 is 43.6 Å². The number of nitrogens with two attached hydrogens (primary N) is 4. The van der Waals surface area contributed by atoms with Gasteiger partial charge < -0.3 is 40.4 Å². The summed E-state index contributed by atoms with van der Waals surface area (Å²) in [6.07, 6.45) is 0. The van der Waals surface area contributed by atoms with Crippen LogP contribution in [-0.2, 0) is 19.4 Å². The van der Waals surface area contributed by atoms with Gasteiger partial charge in [0.05, 0.1) is 51.6 Å². The molecule has 23 heteroatoms. The standard InChI is InChI=1S/C35H34N14O9/c1-17-9-23(3-5-27(17)48-46-25-13-19(29(51)55-36)11-20(14-25)30(52)56-37)41-34-43-33(40-7-8-50)44-35(45-34)42-24-4-6-28(18(2)10-24)49-47-26-15-21(31(53)57-38)12-22(16-26)32(54)58-39/h3-6,9-16,50H,7-8,36-39H2,1-2H3,(H3,40,41,42,43,44,45). The van der Waals surface area contributed by atoms with Gasteiger partial charge in [0.25, 0.3) is 0 Å². The number of aliphatic hydroxyl groups excluding tert-OH is 1. The van der Waals surface area contributed by atoms with Crippen molar-refractivity contribution in [1.29, 1.82) is 0 Å². The number of aliphatic hydroxyl groups is 1. The number of carbonyl (C=O) groups excluding carboxylic acids is 4. The third kappa shape index (κ3) is 10.7. The lowest BCUT2D eigenvalue weighted by molar-refractivity contribution is 0.0484. The minimum atomic E-state index is -0.914. The average molecular weight is 795 g/mol. The normalized spacial score (nSPS) is 10.9. The molecule has 0 unspecified atom stereocenters. The van der Waals surface area contributed by atoms with E-state index in [9.17, 15) is 24.3 Å². The molecule has 0 amide bonds. The van der Waals surface area contributed by atoms with Gasteiger partial charge in [0.15, 0.2) is 0 Å². The summed E-state index contributed by atoms with van der Waals surface area (Å²) in [4.78, 5) is 78.3. The fourth-order valence-electron chi connectivity index (χ4n) is 4.99. The summed E-state index contributed by atoms with van der Waals surface area (Å²) in [6.45, 7) is 3.55. The van der Waals surface area contributed by atoms with Crippen molar-refractivity contribution in [3.8, 4) is 0 Å². The summed E-state index contributed by atoms with van der Waals surface area (Å²) in [5, 5.41) is 35.3. The Bertz CT molecular complexity index is 2200. The second-order valence-corrected chi connectivity index (χ2v) is 11.8. The third-order valence-corrected chi connectivity index (χ3v) is 7.69. The molecule has 23 nitrogen and oxygen atoms in total. The lowest BCUT2D eigenvalue weighted by atomic mass is 10.1. The molecule has 0 spiro atoms. The number of anilines is 5. The van der Waals surface area contributed by atoms with Crippen LogP contribution in [0.25, 0.3) is 0 Å². The Morgan fingerprint density at radius 3 is 1.24 bits per heavy atom. The summed E-state index contributed by atoms with van der Waals surface area (Å²) in [6, 6.07) is 17.9. The maximum atomic E-state index is 12.0. The maximum Gasteiger partial charge on any atom is 0.356 e. The molecule has 0 aliphatic carbocycles. The molecular weight excluding hydrogens is 760 g/mol.